The molecule has 1 saturated heterocycles. The van der Waals surface area contributed by atoms with Crippen LogP contribution in [0.4, 0.5) is 19.0 Å². The highest BCUT2D eigenvalue weighted by Crippen LogP contribution is 2.28. The second-order valence-electron chi connectivity index (χ2n) is 8.95. The Hall–Kier alpha value is -3.16. The molecule has 1 unspecified atom stereocenters. The van der Waals surface area contributed by atoms with Crippen molar-refractivity contribution in [3.05, 3.63) is 59.9 Å². The maximum Gasteiger partial charge on any atom is 0.573 e. The summed E-state index contributed by atoms with van der Waals surface area (Å²) < 4.78 is 49.5. The van der Waals surface area contributed by atoms with E-state index < -0.39 is 6.36 Å². The van der Waals surface area contributed by atoms with Crippen molar-refractivity contribution >= 4 is 28.4 Å². The number of pyridine rings is 1. The molecule has 194 valence electrons. The average Bonchev–Trinajstić information content (AvgIpc) is 3.51. The smallest absolute Gasteiger partial charge is 0.406 e. The third-order valence-electron chi connectivity index (χ3n) is 6.18. The van der Waals surface area contributed by atoms with Gasteiger partial charge in [-0.2, -0.15) is 10.1 Å². The number of hydrogen-bond donors (Lipinski definition) is 0. The number of hydrogen-bond acceptors (Lipinski definition) is 7. The maximum atomic E-state index is 12.4. The molecule has 37 heavy (non-hydrogen) atoms. The summed E-state index contributed by atoms with van der Waals surface area (Å²) in [6.07, 6.45) is -0.462. The third-order valence-corrected chi connectivity index (χ3v) is 7.42. The second kappa shape index (κ2) is 10.7. The number of alkyl halides is 4. The van der Waals surface area contributed by atoms with Gasteiger partial charge in [0.15, 0.2) is 5.69 Å². The van der Waals surface area contributed by atoms with Crippen LogP contribution in [0.1, 0.15) is 24.1 Å². The minimum Gasteiger partial charge on any atom is -0.406 e. The van der Waals surface area contributed by atoms with Crippen molar-refractivity contribution in [2.45, 2.75) is 32.7 Å². The van der Waals surface area contributed by atoms with E-state index in [-0.39, 0.29) is 17.5 Å². The summed E-state index contributed by atoms with van der Waals surface area (Å²) in [7, 11) is 0. The standard InChI is InChI=1S/C25H24F3IN6O2/c1-16-11-21(24-31-23(33-37-24)19-4-6-20(7-5-19)36-25(26,27)28)32-35(16)15-17-8-9-30-22(12-17)34-10-2-3-18(13-29)14-34/h4-9,11-12,18H,2-3,10,13-15H2,1H3. The van der Waals surface area contributed by atoms with Crippen LogP contribution in [0.5, 0.6) is 5.75 Å². The van der Waals surface area contributed by atoms with Crippen LogP contribution in [0.3, 0.4) is 0 Å². The fraction of sp³-hybridized carbons (Fsp3) is 0.360. The number of halogens is 4. The highest BCUT2D eigenvalue weighted by atomic mass is 127. The van der Waals surface area contributed by atoms with Crippen molar-refractivity contribution in [3.63, 3.8) is 0 Å². The SMILES string of the molecule is Cc1cc(-c2nc(-c3ccc(OC(F)(F)F)cc3)no2)nn1Cc1ccnc(N2CCCC(CI)C2)c1. The average molecular weight is 624 g/mol. The van der Waals surface area contributed by atoms with E-state index in [9.17, 15) is 13.2 Å². The quantitative estimate of drug-likeness (QED) is 0.187. The molecule has 0 amide bonds. The minimum atomic E-state index is -4.75. The van der Waals surface area contributed by atoms with Crippen LogP contribution in [-0.4, -0.2) is 48.8 Å². The minimum absolute atomic E-state index is 0.223. The number of ether oxygens (including phenoxy) is 1. The largest absolute Gasteiger partial charge is 0.573 e. The lowest BCUT2D eigenvalue weighted by molar-refractivity contribution is -0.274. The normalized spacial score (nSPS) is 16.2. The van der Waals surface area contributed by atoms with Gasteiger partial charge in [-0.3, -0.25) is 4.68 Å². The van der Waals surface area contributed by atoms with Crippen molar-refractivity contribution in [2.24, 2.45) is 5.92 Å². The molecule has 4 heterocycles. The summed E-state index contributed by atoms with van der Waals surface area (Å²) in [5.74, 6) is 1.83. The topological polar surface area (TPSA) is 82.1 Å². The van der Waals surface area contributed by atoms with Gasteiger partial charge in [0.25, 0.3) is 5.89 Å². The van der Waals surface area contributed by atoms with E-state index in [0.29, 0.717) is 23.7 Å². The summed E-state index contributed by atoms with van der Waals surface area (Å²) in [5, 5.41) is 8.60. The zero-order valence-electron chi connectivity index (χ0n) is 20.0. The third kappa shape index (κ3) is 6.22. The van der Waals surface area contributed by atoms with E-state index in [0.717, 1.165) is 34.6 Å². The molecule has 0 radical (unpaired) electrons. The summed E-state index contributed by atoms with van der Waals surface area (Å²) in [4.78, 5) is 11.3. The Morgan fingerprint density at radius 3 is 2.73 bits per heavy atom. The number of aryl methyl sites for hydroxylation is 1. The molecule has 1 atom stereocenters. The Bertz CT molecular complexity index is 1360. The van der Waals surface area contributed by atoms with Crippen LogP contribution in [0.25, 0.3) is 23.0 Å². The molecule has 0 aliphatic carbocycles. The highest BCUT2D eigenvalue weighted by Gasteiger charge is 2.31. The van der Waals surface area contributed by atoms with Gasteiger partial charge in [-0.15, -0.1) is 13.2 Å². The molecule has 8 nitrogen and oxygen atoms in total. The first kappa shape index (κ1) is 25.5. The molecule has 0 saturated carbocycles. The lowest BCUT2D eigenvalue weighted by Gasteiger charge is -2.33. The van der Waals surface area contributed by atoms with E-state index in [2.05, 4.69) is 58.5 Å². The lowest BCUT2D eigenvalue weighted by atomic mass is 10.0. The Labute approximate surface area is 225 Å². The van der Waals surface area contributed by atoms with Gasteiger partial charge in [-0.05, 0) is 73.7 Å². The summed E-state index contributed by atoms with van der Waals surface area (Å²) in [6.45, 7) is 4.56. The van der Waals surface area contributed by atoms with Gasteiger partial charge in [0, 0.05) is 35.0 Å². The van der Waals surface area contributed by atoms with Crippen molar-refractivity contribution in [2.75, 3.05) is 22.4 Å². The molecule has 1 aliphatic rings. The summed E-state index contributed by atoms with van der Waals surface area (Å²) >= 11 is 2.46. The highest BCUT2D eigenvalue weighted by molar-refractivity contribution is 14.1. The van der Waals surface area contributed by atoms with Gasteiger partial charge >= 0.3 is 6.36 Å². The summed E-state index contributed by atoms with van der Waals surface area (Å²) in [6, 6.07) is 11.2. The van der Waals surface area contributed by atoms with E-state index >= 15 is 0 Å². The molecular weight excluding hydrogens is 600 g/mol. The molecule has 5 rings (SSSR count). The second-order valence-corrected chi connectivity index (χ2v) is 9.84. The van der Waals surface area contributed by atoms with E-state index in [1.54, 1.807) is 0 Å². The summed E-state index contributed by atoms with van der Waals surface area (Å²) in [5.41, 5.74) is 3.02. The Kier molecular flexibility index (Phi) is 7.36. The predicted octanol–water partition coefficient (Wildman–Crippen LogP) is 5.90. The zero-order chi connectivity index (χ0) is 26.0. The van der Waals surface area contributed by atoms with Gasteiger partial charge in [0.2, 0.25) is 5.82 Å². The number of rotatable bonds is 7. The molecule has 0 N–H and O–H groups in total. The molecule has 1 aromatic carbocycles. The van der Waals surface area contributed by atoms with Crippen LogP contribution in [-0.2, 0) is 6.54 Å². The molecule has 12 heteroatoms. The Morgan fingerprint density at radius 1 is 1.16 bits per heavy atom. The van der Waals surface area contributed by atoms with E-state index in [4.69, 9.17) is 4.52 Å². The van der Waals surface area contributed by atoms with Gasteiger partial charge < -0.3 is 14.2 Å². The number of nitrogens with zero attached hydrogens (tertiary/aromatic N) is 6. The van der Waals surface area contributed by atoms with E-state index in [1.165, 1.54) is 37.1 Å². The number of piperidine rings is 1. The molecule has 0 bridgehead atoms. The first-order valence-electron chi connectivity index (χ1n) is 11.8. The van der Waals surface area contributed by atoms with Crippen LogP contribution in [0.2, 0.25) is 0 Å². The molecule has 1 fully saturated rings. The molecule has 3 aromatic heterocycles. The monoisotopic (exact) mass is 624 g/mol. The molecular formula is C25H24F3IN6O2. The van der Waals surface area contributed by atoms with Crippen LogP contribution >= 0.6 is 22.6 Å². The van der Waals surface area contributed by atoms with Gasteiger partial charge in [-0.1, -0.05) is 27.7 Å². The first-order chi connectivity index (χ1) is 17.8. The fourth-order valence-electron chi connectivity index (χ4n) is 4.33. The fourth-order valence-corrected chi connectivity index (χ4v) is 5.05. The lowest BCUT2D eigenvalue weighted by Crippen LogP contribution is -2.36. The van der Waals surface area contributed by atoms with Crippen LogP contribution < -0.4 is 9.64 Å². The zero-order valence-corrected chi connectivity index (χ0v) is 22.1. The number of aromatic nitrogens is 5. The van der Waals surface area contributed by atoms with Gasteiger partial charge in [-0.25, -0.2) is 4.98 Å². The van der Waals surface area contributed by atoms with Crippen LogP contribution in [0.15, 0.2) is 53.2 Å². The number of benzene rings is 1. The number of anilines is 1. The maximum absolute atomic E-state index is 12.4. The van der Waals surface area contributed by atoms with Crippen LogP contribution in [0, 0.1) is 12.8 Å². The van der Waals surface area contributed by atoms with Crippen molar-refractivity contribution in [1.29, 1.82) is 0 Å². The Balaban J connectivity index is 1.29. The van der Waals surface area contributed by atoms with Crippen molar-refractivity contribution < 1.29 is 22.4 Å². The van der Waals surface area contributed by atoms with E-state index in [1.807, 2.05) is 29.9 Å². The first-order valence-corrected chi connectivity index (χ1v) is 13.3. The molecule has 0 spiro atoms. The molecule has 4 aromatic rings. The van der Waals surface area contributed by atoms with Crippen molar-refractivity contribution in [1.82, 2.24) is 24.9 Å². The van der Waals surface area contributed by atoms with Gasteiger partial charge in [0.05, 0.1) is 6.54 Å². The van der Waals surface area contributed by atoms with Gasteiger partial charge in [0.1, 0.15) is 11.6 Å². The Morgan fingerprint density at radius 2 is 1.97 bits per heavy atom. The predicted molar refractivity (Wildman–Crippen MR) is 140 cm³/mol. The van der Waals surface area contributed by atoms with Crippen molar-refractivity contribution in [3.8, 4) is 28.7 Å². The molecule has 1 aliphatic heterocycles.